The number of hydrogen-bond acceptors (Lipinski definition) is 9. The minimum absolute atomic E-state index is 0.00971. The number of hydrogen-bond donors (Lipinski definition) is 1. The summed E-state index contributed by atoms with van der Waals surface area (Å²) in [6.07, 6.45) is 1.30. The number of amides is 1. The maximum absolute atomic E-state index is 13.9. The number of nitro benzene ring substituents is 1. The topological polar surface area (TPSA) is 147 Å². The van der Waals surface area contributed by atoms with E-state index in [0.717, 1.165) is 15.8 Å². The lowest BCUT2D eigenvalue weighted by molar-refractivity contribution is -0.385. The molecule has 0 unspecified atom stereocenters. The molecule has 0 aliphatic heterocycles. The van der Waals surface area contributed by atoms with Crippen LogP contribution in [0.4, 0.5) is 15.8 Å². The highest BCUT2D eigenvalue weighted by atomic mass is 19.1. The van der Waals surface area contributed by atoms with Crippen LogP contribution in [0.1, 0.15) is 43.4 Å². The van der Waals surface area contributed by atoms with Gasteiger partial charge in [0.15, 0.2) is 18.2 Å². The molecule has 0 radical (unpaired) electrons. The van der Waals surface area contributed by atoms with Crippen LogP contribution in [0.25, 0.3) is 22.3 Å². The van der Waals surface area contributed by atoms with Crippen LogP contribution in [-0.2, 0) is 4.79 Å². The Labute approximate surface area is 280 Å². The molecule has 0 atom stereocenters. The van der Waals surface area contributed by atoms with Gasteiger partial charge in [-0.25, -0.2) is 9.37 Å². The lowest BCUT2D eigenvalue weighted by Gasteiger charge is -2.17. The first-order valence-corrected chi connectivity index (χ1v) is 15.4. The molecule has 0 aliphatic carbocycles. The molecule has 12 nitrogen and oxygen atoms in total. The molecule has 1 heterocycles. The summed E-state index contributed by atoms with van der Waals surface area (Å²) in [4.78, 5) is 42.7. The second-order valence-corrected chi connectivity index (χ2v) is 11.3. The van der Waals surface area contributed by atoms with Crippen molar-refractivity contribution >= 4 is 34.4 Å². The number of methoxy groups -OCH3 is 1. The summed E-state index contributed by atoms with van der Waals surface area (Å²) in [6, 6.07) is 18.5. The van der Waals surface area contributed by atoms with E-state index in [9.17, 15) is 24.1 Å². The fourth-order valence-corrected chi connectivity index (χ4v) is 5.19. The number of rotatable bonds is 12. The maximum Gasteiger partial charge on any atom is 0.315 e. The van der Waals surface area contributed by atoms with Crippen LogP contribution in [0.3, 0.4) is 0 Å². The first-order chi connectivity index (χ1) is 23.5. The molecule has 0 spiro atoms. The smallest absolute Gasteiger partial charge is 0.315 e. The maximum atomic E-state index is 13.9. The fraction of sp³-hybridized carbons (Fsp3) is 0.222. The Hall–Kier alpha value is -6.11. The standard InChI is InChI=1S/C36H34FN5O7/c1-6-48-32-17-23(16-30(42(45)46)34(32)49-20-33(43)39-25-13-11-24(37)12-14-25)19-38-41-35(40-29-10-8-7-9-26(29)36(41)44)28-18-27(21(2)3)31(47-5)15-22(28)4/h7-19,21H,6,20H2,1-5H3,(H,39,43). The van der Waals surface area contributed by atoms with Gasteiger partial charge >= 0.3 is 5.69 Å². The van der Waals surface area contributed by atoms with E-state index in [4.69, 9.17) is 19.2 Å². The zero-order chi connectivity index (χ0) is 35.2. The van der Waals surface area contributed by atoms with Crippen LogP contribution in [-0.4, -0.2) is 47.0 Å². The van der Waals surface area contributed by atoms with Crippen LogP contribution in [0.5, 0.6) is 17.2 Å². The second kappa shape index (κ2) is 14.8. The van der Waals surface area contributed by atoms with Crippen molar-refractivity contribution in [3.63, 3.8) is 0 Å². The monoisotopic (exact) mass is 667 g/mol. The van der Waals surface area contributed by atoms with Crippen molar-refractivity contribution in [1.29, 1.82) is 0 Å². The van der Waals surface area contributed by atoms with Crippen molar-refractivity contribution in [2.45, 2.75) is 33.6 Å². The molecule has 252 valence electrons. The summed E-state index contributed by atoms with van der Waals surface area (Å²) in [7, 11) is 1.60. The van der Waals surface area contributed by atoms with Gasteiger partial charge in [-0.2, -0.15) is 9.78 Å². The molecule has 1 N–H and O–H groups in total. The average Bonchev–Trinajstić information content (AvgIpc) is 3.08. The number of aromatic nitrogens is 2. The number of fused-ring (bicyclic) bond motifs is 1. The molecule has 0 aliphatic rings. The molecule has 13 heteroatoms. The summed E-state index contributed by atoms with van der Waals surface area (Å²) < 4.78 is 31.3. The van der Waals surface area contributed by atoms with Gasteiger partial charge in [0, 0.05) is 22.9 Å². The summed E-state index contributed by atoms with van der Waals surface area (Å²) in [6.45, 7) is 7.17. The van der Waals surface area contributed by atoms with E-state index < -0.39 is 34.5 Å². The van der Waals surface area contributed by atoms with Gasteiger partial charge in [-0.15, -0.1) is 0 Å². The van der Waals surface area contributed by atoms with Crippen molar-refractivity contribution in [2.75, 3.05) is 25.6 Å². The molecular weight excluding hydrogens is 633 g/mol. The molecule has 4 aromatic carbocycles. The fourth-order valence-electron chi connectivity index (χ4n) is 5.19. The molecule has 0 saturated carbocycles. The zero-order valence-corrected chi connectivity index (χ0v) is 27.5. The third kappa shape index (κ3) is 7.56. The number of para-hydroxylation sites is 1. The number of nitrogens with zero attached hydrogens (tertiary/aromatic N) is 4. The predicted octanol–water partition coefficient (Wildman–Crippen LogP) is 6.85. The Balaban J connectivity index is 1.57. The lowest BCUT2D eigenvalue weighted by atomic mass is 9.96. The first kappa shape index (κ1) is 34.2. The van der Waals surface area contributed by atoms with Crippen LogP contribution in [0, 0.1) is 22.9 Å². The molecule has 0 bridgehead atoms. The Morgan fingerprint density at radius 3 is 2.49 bits per heavy atom. The highest BCUT2D eigenvalue weighted by molar-refractivity contribution is 5.92. The van der Waals surface area contributed by atoms with Gasteiger partial charge in [0.05, 0.1) is 35.8 Å². The quantitative estimate of drug-likeness (QED) is 0.0863. The first-order valence-electron chi connectivity index (χ1n) is 15.4. The van der Waals surface area contributed by atoms with Gasteiger partial charge in [-0.1, -0.05) is 26.0 Å². The number of aryl methyl sites for hydroxylation is 1. The van der Waals surface area contributed by atoms with Crippen molar-refractivity contribution in [1.82, 2.24) is 9.66 Å². The van der Waals surface area contributed by atoms with E-state index in [1.807, 2.05) is 32.9 Å². The van der Waals surface area contributed by atoms with E-state index in [2.05, 4.69) is 10.4 Å². The lowest BCUT2D eigenvalue weighted by Crippen LogP contribution is -2.21. The summed E-state index contributed by atoms with van der Waals surface area (Å²) in [5, 5.41) is 19.6. The van der Waals surface area contributed by atoms with E-state index in [1.165, 1.54) is 42.6 Å². The van der Waals surface area contributed by atoms with Gasteiger partial charge in [0.25, 0.3) is 11.5 Å². The van der Waals surface area contributed by atoms with Gasteiger partial charge in [0.1, 0.15) is 11.6 Å². The minimum atomic E-state index is -0.670. The molecule has 1 amide bonds. The Morgan fingerprint density at radius 1 is 1.08 bits per heavy atom. The predicted molar refractivity (Wildman–Crippen MR) is 185 cm³/mol. The van der Waals surface area contributed by atoms with Gasteiger partial charge < -0.3 is 19.5 Å². The van der Waals surface area contributed by atoms with E-state index in [-0.39, 0.29) is 35.4 Å². The number of anilines is 1. The molecule has 5 aromatic rings. The molecule has 0 fully saturated rings. The number of halogens is 1. The highest BCUT2D eigenvalue weighted by Crippen LogP contribution is 2.39. The SMILES string of the molecule is CCOc1cc(C=Nn2c(-c3cc(C(C)C)c(OC)cc3C)nc3ccccc3c2=O)cc([N+](=O)[O-])c1OCC(=O)Nc1ccc(F)cc1. The number of carbonyl (C=O) groups is 1. The summed E-state index contributed by atoms with van der Waals surface area (Å²) in [5.74, 6) is -0.286. The Morgan fingerprint density at radius 2 is 1.82 bits per heavy atom. The van der Waals surface area contributed by atoms with Crippen molar-refractivity contribution in [3.05, 3.63) is 116 Å². The second-order valence-electron chi connectivity index (χ2n) is 11.3. The average molecular weight is 668 g/mol. The third-order valence-corrected chi connectivity index (χ3v) is 7.55. The van der Waals surface area contributed by atoms with E-state index in [0.29, 0.717) is 27.9 Å². The van der Waals surface area contributed by atoms with Gasteiger partial charge in [0.2, 0.25) is 5.75 Å². The summed E-state index contributed by atoms with van der Waals surface area (Å²) in [5.41, 5.74) is 2.47. The Bertz CT molecular complexity index is 2130. The number of ether oxygens (including phenoxy) is 3. The van der Waals surface area contributed by atoms with Crippen molar-refractivity contribution in [3.8, 4) is 28.6 Å². The largest absolute Gasteiger partial charge is 0.496 e. The molecular formula is C36H34FN5O7. The van der Waals surface area contributed by atoms with Crippen LogP contribution >= 0.6 is 0 Å². The molecule has 0 saturated heterocycles. The minimum Gasteiger partial charge on any atom is -0.496 e. The molecule has 5 rings (SSSR count). The zero-order valence-electron chi connectivity index (χ0n) is 27.5. The van der Waals surface area contributed by atoms with Crippen LogP contribution in [0.15, 0.2) is 82.7 Å². The number of nitrogens with one attached hydrogen (secondary N) is 1. The number of benzene rings is 4. The van der Waals surface area contributed by atoms with Crippen molar-refractivity contribution < 1.29 is 28.3 Å². The van der Waals surface area contributed by atoms with Crippen LogP contribution in [0.2, 0.25) is 0 Å². The molecule has 49 heavy (non-hydrogen) atoms. The van der Waals surface area contributed by atoms with E-state index >= 15 is 0 Å². The van der Waals surface area contributed by atoms with E-state index in [1.54, 1.807) is 38.3 Å². The number of nitro groups is 1. The number of carbonyl (C=O) groups excluding carboxylic acids is 1. The summed E-state index contributed by atoms with van der Waals surface area (Å²) >= 11 is 0. The third-order valence-electron chi connectivity index (χ3n) is 7.55. The Kier molecular flexibility index (Phi) is 10.3. The normalized spacial score (nSPS) is 11.2. The van der Waals surface area contributed by atoms with Crippen LogP contribution < -0.4 is 25.1 Å². The van der Waals surface area contributed by atoms with Crippen molar-refractivity contribution in [2.24, 2.45) is 5.10 Å². The molecule has 1 aromatic heterocycles. The highest BCUT2D eigenvalue weighted by Gasteiger charge is 2.24. The van der Waals surface area contributed by atoms with Gasteiger partial charge in [-0.3, -0.25) is 19.7 Å². The van der Waals surface area contributed by atoms with Gasteiger partial charge in [-0.05, 0) is 85.5 Å².